The maximum Gasteiger partial charge on any atom is 0.254 e. The highest BCUT2D eigenvalue weighted by Crippen LogP contribution is 2.29. The van der Waals surface area contributed by atoms with Crippen LogP contribution in [-0.2, 0) is 4.79 Å². The molecule has 2 aromatic carbocycles. The molecule has 1 aromatic heterocycles. The smallest absolute Gasteiger partial charge is 0.254 e. The zero-order valence-corrected chi connectivity index (χ0v) is 20.0. The number of hydrogen-bond acceptors (Lipinski definition) is 7. The average molecular weight is 482 g/mol. The monoisotopic (exact) mass is 481 g/mol. The molecule has 7 nitrogen and oxygen atoms in total. The van der Waals surface area contributed by atoms with E-state index < -0.39 is 0 Å². The number of carbonyl (C=O) groups is 2. The molecular formula is C24H27N5O2S2. The topological polar surface area (TPSA) is 78.4 Å². The number of rotatable bonds is 6. The summed E-state index contributed by atoms with van der Waals surface area (Å²) in [4.78, 5) is 29.4. The molecule has 2 heterocycles. The maximum atomic E-state index is 13.2. The zero-order valence-electron chi connectivity index (χ0n) is 18.4. The van der Waals surface area contributed by atoms with Crippen LogP contribution in [0.1, 0.15) is 36.0 Å². The van der Waals surface area contributed by atoms with Crippen molar-refractivity contribution in [3.8, 4) is 0 Å². The van der Waals surface area contributed by atoms with Crippen molar-refractivity contribution in [2.24, 2.45) is 0 Å². The van der Waals surface area contributed by atoms with Gasteiger partial charge in [-0.05, 0) is 29.7 Å². The van der Waals surface area contributed by atoms with Crippen LogP contribution in [0.5, 0.6) is 0 Å². The highest BCUT2D eigenvalue weighted by atomic mass is 32.2. The first-order valence-corrected chi connectivity index (χ1v) is 13.3. The molecule has 1 N–H and O–H groups in total. The molecule has 172 valence electrons. The van der Waals surface area contributed by atoms with Gasteiger partial charge in [-0.3, -0.25) is 9.59 Å². The van der Waals surface area contributed by atoms with Crippen molar-refractivity contribution in [3.63, 3.8) is 0 Å². The van der Waals surface area contributed by atoms with Crippen molar-refractivity contribution in [1.82, 2.24) is 20.4 Å². The van der Waals surface area contributed by atoms with Crippen LogP contribution in [0, 0.1) is 0 Å². The van der Waals surface area contributed by atoms with Crippen molar-refractivity contribution in [3.05, 3.63) is 48.0 Å². The fourth-order valence-electron chi connectivity index (χ4n) is 4.54. The van der Waals surface area contributed by atoms with Crippen LogP contribution in [0.25, 0.3) is 10.8 Å². The number of carbonyl (C=O) groups excluding carboxylic acids is 2. The first-order valence-electron chi connectivity index (χ1n) is 11.4. The summed E-state index contributed by atoms with van der Waals surface area (Å²) < 4.78 is 0.806. The predicted octanol–water partition coefficient (Wildman–Crippen LogP) is 3.80. The van der Waals surface area contributed by atoms with Crippen LogP contribution in [0.4, 0.5) is 5.13 Å². The van der Waals surface area contributed by atoms with Crippen LogP contribution < -0.4 is 10.2 Å². The number of amides is 2. The van der Waals surface area contributed by atoms with E-state index in [1.807, 2.05) is 47.4 Å². The number of hydrogen-bond donors (Lipinski definition) is 1. The fourth-order valence-corrected chi connectivity index (χ4v) is 6.24. The normalized spacial score (nSPS) is 17.0. The lowest BCUT2D eigenvalue weighted by Gasteiger charge is -2.34. The summed E-state index contributed by atoms with van der Waals surface area (Å²) in [6.07, 6.45) is 4.60. The van der Waals surface area contributed by atoms with Crippen LogP contribution in [-0.4, -0.2) is 64.9 Å². The number of nitrogens with zero attached hydrogens (tertiary/aromatic N) is 4. The molecule has 2 amide bonds. The minimum absolute atomic E-state index is 0.0733. The molecule has 3 aromatic rings. The van der Waals surface area contributed by atoms with E-state index in [9.17, 15) is 9.59 Å². The number of piperazine rings is 1. The summed E-state index contributed by atoms with van der Waals surface area (Å²) in [6, 6.07) is 14.2. The molecule has 0 unspecified atom stereocenters. The van der Waals surface area contributed by atoms with Gasteiger partial charge in [0.25, 0.3) is 5.91 Å². The number of nitrogens with one attached hydrogen (secondary N) is 1. The minimum Gasteiger partial charge on any atom is -0.353 e. The van der Waals surface area contributed by atoms with Gasteiger partial charge in [-0.25, -0.2) is 0 Å². The summed E-state index contributed by atoms with van der Waals surface area (Å²) in [5.74, 6) is 0.524. The third-order valence-corrected chi connectivity index (χ3v) is 8.42. The zero-order chi connectivity index (χ0) is 22.6. The molecule has 2 aliphatic rings. The second-order valence-electron chi connectivity index (χ2n) is 8.49. The summed E-state index contributed by atoms with van der Waals surface area (Å²) >= 11 is 2.96. The maximum absolute atomic E-state index is 13.2. The van der Waals surface area contributed by atoms with Gasteiger partial charge < -0.3 is 15.1 Å². The van der Waals surface area contributed by atoms with Gasteiger partial charge in [-0.1, -0.05) is 72.3 Å². The molecule has 0 spiro atoms. The van der Waals surface area contributed by atoms with E-state index in [0.717, 1.165) is 51.7 Å². The second kappa shape index (κ2) is 10.1. The molecular weight excluding hydrogens is 454 g/mol. The van der Waals surface area contributed by atoms with Crippen LogP contribution in [0.3, 0.4) is 0 Å². The Labute approximate surface area is 201 Å². The first kappa shape index (κ1) is 22.2. The average Bonchev–Trinajstić information content (AvgIpc) is 3.54. The van der Waals surface area contributed by atoms with E-state index >= 15 is 0 Å². The van der Waals surface area contributed by atoms with Gasteiger partial charge in [0.05, 0.1) is 5.75 Å². The summed E-state index contributed by atoms with van der Waals surface area (Å²) in [6.45, 7) is 2.73. The van der Waals surface area contributed by atoms with Crippen LogP contribution in [0.15, 0.2) is 46.8 Å². The number of benzene rings is 2. The van der Waals surface area contributed by atoms with Gasteiger partial charge in [0.1, 0.15) is 0 Å². The Bertz CT molecular complexity index is 1130. The molecule has 1 saturated carbocycles. The molecule has 1 saturated heterocycles. The lowest BCUT2D eigenvalue weighted by molar-refractivity contribution is -0.119. The van der Waals surface area contributed by atoms with Crippen molar-refractivity contribution in [2.75, 3.05) is 36.8 Å². The summed E-state index contributed by atoms with van der Waals surface area (Å²) in [5, 5.41) is 14.6. The lowest BCUT2D eigenvalue weighted by atomic mass is 10.0. The Morgan fingerprint density at radius 1 is 1.00 bits per heavy atom. The quantitative estimate of drug-likeness (QED) is 0.540. The number of aromatic nitrogens is 2. The molecule has 1 aliphatic heterocycles. The molecule has 1 aliphatic carbocycles. The van der Waals surface area contributed by atoms with Crippen molar-refractivity contribution in [2.45, 2.75) is 36.1 Å². The van der Waals surface area contributed by atoms with Gasteiger partial charge in [0.2, 0.25) is 11.0 Å². The Morgan fingerprint density at radius 3 is 2.58 bits per heavy atom. The first-order chi connectivity index (χ1) is 16.2. The van der Waals surface area contributed by atoms with Crippen LogP contribution in [0.2, 0.25) is 0 Å². The third-order valence-electron chi connectivity index (χ3n) is 6.30. The second-order valence-corrected chi connectivity index (χ2v) is 10.7. The van der Waals surface area contributed by atoms with Gasteiger partial charge >= 0.3 is 0 Å². The van der Waals surface area contributed by atoms with Crippen molar-refractivity contribution < 1.29 is 9.59 Å². The minimum atomic E-state index is 0.0733. The van der Waals surface area contributed by atoms with Crippen molar-refractivity contribution in [1.29, 1.82) is 0 Å². The number of anilines is 1. The van der Waals surface area contributed by atoms with E-state index in [4.69, 9.17) is 0 Å². The predicted molar refractivity (Wildman–Crippen MR) is 133 cm³/mol. The molecule has 9 heteroatoms. The third kappa shape index (κ3) is 5.14. The Morgan fingerprint density at radius 2 is 1.76 bits per heavy atom. The Kier molecular flexibility index (Phi) is 6.78. The fraction of sp³-hybridized carbons (Fsp3) is 0.417. The van der Waals surface area contributed by atoms with Crippen molar-refractivity contribution >= 4 is 50.8 Å². The van der Waals surface area contributed by atoms with E-state index in [1.54, 1.807) is 0 Å². The highest BCUT2D eigenvalue weighted by molar-refractivity contribution is 8.01. The molecule has 33 heavy (non-hydrogen) atoms. The Balaban J connectivity index is 1.14. The molecule has 0 bridgehead atoms. The standard InChI is InChI=1S/C24H27N5O2S2/c30-21(25-18-8-2-3-9-18)16-32-24-27-26-23(33-24)29-14-12-28(13-15-29)22(31)20-11-5-7-17-6-1-4-10-19(17)20/h1,4-7,10-11,18H,2-3,8-9,12-16H2,(H,25,30). The highest BCUT2D eigenvalue weighted by Gasteiger charge is 2.25. The van der Waals surface area contributed by atoms with Gasteiger partial charge in [0.15, 0.2) is 4.34 Å². The molecule has 5 rings (SSSR count). The van der Waals surface area contributed by atoms with E-state index in [1.165, 1.54) is 35.9 Å². The van der Waals surface area contributed by atoms with Gasteiger partial charge in [0, 0.05) is 37.8 Å². The van der Waals surface area contributed by atoms with Crippen LogP contribution >= 0.6 is 23.1 Å². The largest absolute Gasteiger partial charge is 0.353 e. The molecule has 2 fully saturated rings. The Hall–Kier alpha value is -2.65. The van der Waals surface area contributed by atoms with E-state index in [2.05, 4.69) is 20.4 Å². The summed E-state index contributed by atoms with van der Waals surface area (Å²) in [5.41, 5.74) is 0.757. The number of thioether (sulfide) groups is 1. The number of fused-ring (bicyclic) bond motifs is 1. The van der Waals surface area contributed by atoms with E-state index in [0.29, 0.717) is 24.9 Å². The molecule has 0 radical (unpaired) electrons. The van der Waals surface area contributed by atoms with Gasteiger partial charge in [-0.2, -0.15) is 0 Å². The summed E-state index contributed by atoms with van der Waals surface area (Å²) in [7, 11) is 0. The SMILES string of the molecule is O=C(CSc1nnc(N2CCN(C(=O)c3cccc4ccccc34)CC2)s1)NC1CCCC1. The van der Waals surface area contributed by atoms with E-state index in [-0.39, 0.29) is 11.8 Å². The lowest BCUT2D eigenvalue weighted by Crippen LogP contribution is -2.48. The van der Waals surface area contributed by atoms with Gasteiger partial charge in [-0.15, -0.1) is 10.2 Å². The molecule has 0 atom stereocenters.